The lowest BCUT2D eigenvalue weighted by molar-refractivity contribution is -0.119. The van der Waals surface area contributed by atoms with Crippen molar-refractivity contribution in [3.05, 3.63) is 29.8 Å². The number of nitrogens with two attached hydrogens (primary N) is 1. The molecule has 0 atom stereocenters. The number of ether oxygens (including phenoxy) is 1. The topological polar surface area (TPSA) is 79.3 Å². The predicted molar refractivity (Wildman–Crippen MR) is 81.8 cm³/mol. The highest BCUT2D eigenvalue weighted by molar-refractivity contribution is 5.75. The number of nitrogens with zero attached hydrogens (tertiary/aromatic N) is 2. The molecule has 0 aliphatic rings. The zero-order valence-electron chi connectivity index (χ0n) is 12.5. The monoisotopic (exact) mass is 289 g/mol. The SMILES string of the molecule is CCCCN(CCCOc1ccccc1C#N)CC(N)=O. The second kappa shape index (κ2) is 9.78. The van der Waals surface area contributed by atoms with Gasteiger partial charge in [-0.2, -0.15) is 5.26 Å². The van der Waals surface area contributed by atoms with E-state index in [9.17, 15) is 4.79 Å². The van der Waals surface area contributed by atoms with Crippen molar-refractivity contribution in [1.82, 2.24) is 4.90 Å². The van der Waals surface area contributed by atoms with E-state index in [4.69, 9.17) is 15.7 Å². The zero-order chi connectivity index (χ0) is 15.5. The molecule has 2 N–H and O–H groups in total. The summed E-state index contributed by atoms with van der Waals surface area (Å²) < 4.78 is 5.62. The van der Waals surface area contributed by atoms with Crippen LogP contribution in [0.5, 0.6) is 5.75 Å². The molecule has 0 heterocycles. The van der Waals surface area contributed by atoms with Crippen molar-refractivity contribution in [2.24, 2.45) is 5.73 Å². The highest BCUT2D eigenvalue weighted by Gasteiger charge is 2.08. The highest BCUT2D eigenvalue weighted by atomic mass is 16.5. The van der Waals surface area contributed by atoms with Crippen molar-refractivity contribution >= 4 is 5.91 Å². The van der Waals surface area contributed by atoms with Gasteiger partial charge in [-0.15, -0.1) is 0 Å². The number of carbonyl (C=O) groups excluding carboxylic acids is 1. The molecular weight excluding hydrogens is 266 g/mol. The van der Waals surface area contributed by atoms with Crippen LogP contribution in [0.2, 0.25) is 0 Å². The van der Waals surface area contributed by atoms with E-state index in [0.29, 0.717) is 17.9 Å². The maximum atomic E-state index is 11.0. The van der Waals surface area contributed by atoms with Crippen molar-refractivity contribution in [3.63, 3.8) is 0 Å². The predicted octanol–water partition coefficient (Wildman–Crippen LogP) is 1.91. The smallest absolute Gasteiger partial charge is 0.231 e. The first-order chi connectivity index (χ1) is 10.2. The Morgan fingerprint density at radius 3 is 2.71 bits per heavy atom. The number of amides is 1. The third-order valence-corrected chi connectivity index (χ3v) is 3.09. The van der Waals surface area contributed by atoms with Gasteiger partial charge in [0.2, 0.25) is 5.91 Å². The number of hydrogen-bond acceptors (Lipinski definition) is 4. The van der Waals surface area contributed by atoms with E-state index in [1.807, 2.05) is 17.0 Å². The summed E-state index contributed by atoms with van der Waals surface area (Å²) in [6.07, 6.45) is 2.92. The molecule has 1 aromatic rings. The van der Waals surface area contributed by atoms with Crippen molar-refractivity contribution in [3.8, 4) is 11.8 Å². The molecule has 0 unspecified atom stereocenters. The fourth-order valence-electron chi connectivity index (χ4n) is 2.03. The van der Waals surface area contributed by atoms with E-state index in [1.54, 1.807) is 12.1 Å². The van der Waals surface area contributed by atoms with Crippen LogP contribution in [-0.2, 0) is 4.79 Å². The molecule has 1 aromatic carbocycles. The molecule has 0 radical (unpaired) electrons. The van der Waals surface area contributed by atoms with Gasteiger partial charge in [0.05, 0.1) is 18.7 Å². The minimum Gasteiger partial charge on any atom is -0.492 e. The molecule has 0 fully saturated rings. The Labute approximate surface area is 126 Å². The largest absolute Gasteiger partial charge is 0.492 e. The average Bonchev–Trinajstić information content (AvgIpc) is 2.48. The van der Waals surface area contributed by atoms with E-state index >= 15 is 0 Å². The summed E-state index contributed by atoms with van der Waals surface area (Å²) in [7, 11) is 0. The lowest BCUT2D eigenvalue weighted by Gasteiger charge is -2.20. The molecule has 21 heavy (non-hydrogen) atoms. The van der Waals surface area contributed by atoms with Gasteiger partial charge >= 0.3 is 0 Å². The van der Waals surface area contributed by atoms with Gasteiger partial charge < -0.3 is 10.5 Å². The molecule has 5 nitrogen and oxygen atoms in total. The molecule has 1 amide bonds. The van der Waals surface area contributed by atoms with Crippen LogP contribution in [-0.4, -0.2) is 37.0 Å². The third kappa shape index (κ3) is 6.77. The van der Waals surface area contributed by atoms with Gasteiger partial charge in [0.1, 0.15) is 11.8 Å². The second-order valence-electron chi connectivity index (χ2n) is 4.91. The number of rotatable bonds is 10. The molecule has 0 bridgehead atoms. The third-order valence-electron chi connectivity index (χ3n) is 3.09. The first-order valence-corrected chi connectivity index (χ1v) is 7.30. The van der Waals surface area contributed by atoms with Crippen LogP contribution in [0.25, 0.3) is 0 Å². The zero-order valence-corrected chi connectivity index (χ0v) is 12.5. The fourth-order valence-corrected chi connectivity index (χ4v) is 2.03. The van der Waals surface area contributed by atoms with Crippen molar-refractivity contribution in [2.75, 3.05) is 26.2 Å². The van der Waals surface area contributed by atoms with Crippen LogP contribution in [0.3, 0.4) is 0 Å². The Kier molecular flexibility index (Phi) is 7.92. The van der Waals surface area contributed by atoms with E-state index in [1.165, 1.54) is 0 Å². The molecule has 114 valence electrons. The molecule has 5 heteroatoms. The Hall–Kier alpha value is -2.06. The van der Waals surface area contributed by atoms with E-state index in [0.717, 1.165) is 32.4 Å². The summed E-state index contributed by atoms with van der Waals surface area (Å²) in [5.41, 5.74) is 5.79. The number of hydrogen-bond donors (Lipinski definition) is 1. The number of para-hydroxylation sites is 1. The van der Waals surface area contributed by atoms with Gasteiger partial charge in [-0.05, 0) is 31.5 Å². The first kappa shape index (κ1) is 17.0. The summed E-state index contributed by atoms with van der Waals surface area (Å²) >= 11 is 0. The van der Waals surface area contributed by atoms with Crippen LogP contribution >= 0.6 is 0 Å². The average molecular weight is 289 g/mol. The van der Waals surface area contributed by atoms with Gasteiger partial charge in [0, 0.05) is 6.54 Å². The Bertz CT molecular complexity index is 483. The molecular formula is C16H23N3O2. The van der Waals surface area contributed by atoms with E-state index < -0.39 is 0 Å². The van der Waals surface area contributed by atoms with E-state index in [2.05, 4.69) is 13.0 Å². The van der Waals surface area contributed by atoms with Gasteiger partial charge in [-0.25, -0.2) is 0 Å². The Morgan fingerprint density at radius 2 is 2.05 bits per heavy atom. The van der Waals surface area contributed by atoms with Gasteiger partial charge in [-0.3, -0.25) is 9.69 Å². The van der Waals surface area contributed by atoms with Gasteiger partial charge in [0.25, 0.3) is 0 Å². The summed E-state index contributed by atoms with van der Waals surface area (Å²) in [6, 6.07) is 9.28. The number of nitriles is 1. The Morgan fingerprint density at radius 1 is 1.33 bits per heavy atom. The highest BCUT2D eigenvalue weighted by Crippen LogP contribution is 2.16. The molecule has 0 saturated heterocycles. The second-order valence-corrected chi connectivity index (χ2v) is 4.91. The molecule has 0 saturated carbocycles. The molecule has 0 spiro atoms. The minimum absolute atomic E-state index is 0.286. The standard InChI is InChI=1S/C16H23N3O2/c1-2-3-9-19(13-16(18)20)10-6-11-21-15-8-5-4-7-14(15)12-17/h4-5,7-8H,2-3,6,9-11,13H2,1H3,(H2,18,20). The van der Waals surface area contributed by atoms with Crippen molar-refractivity contribution in [2.45, 2.75) is 26.2 Å². The number of carbonyl (C=O) groups is 1. The molecule has 0 aliphatic heterocycles. The fraction of sp³-hybridized carbons (Fsp3) is 0.500. The summed E-state index contributed by atoms with van der Waals surface area (Å²) in [5.74, 6) is 0.303. The molecule has 0 aliphatic carbocycles. The summed E-state index contributed by atoms with van der Waals surface area (Å²) in [6.45, 7) is 4.55. The van der Waals surface area contributed by atoms with Crippen LogP contribution < -0.4 is 10.5 Å². The Balaban J connectivity index is 2.36. The van der Waals surface area contributed by atoms with Crippen molar-refractivity contribution < 1.29 is 9.53 Å². The molecule has 1 rings (SSSR count). The number of benzene rings is 1. The van der Waals surface area contributed by atoms with Crippen LogP contribution in [0.15, 0.2) is 24.3 Å². The maximum absolute atomic E-state index is 11.0. The van der Waals surface area contributed by atoms with Crippen LogP contribution in [0, 0.1) is 11.3 Å². The quantitative estimate of drug-likeness (QED) is 0.667. The van der Waals surface area contributed by atoms with Gasteiger partial charge in [-0.1, -0.05) is 25.5 Å². The normalized spacial score (nSPS) is 10.3. The van der Waals surface area contributed by atoms with E-state index in [-0.39, 0.29) is 12.5 Å². The summed E-state index contributed by atoms with van der Waals surface area (Å²) in [4.78, 5) is 13.1. The maximum Gasteiger partial charge on any atom is 0.231 e. The van der Waals surface area contributed by atoms with Gasteiger partial charge in [0.15, 0.2) is 0 Å². The summed E-state index contributed by atoms with van der Waals surface area (Å²) in [5, 5.41) is 8.97. The lowest BCUT2D eigenvalue weighted by atomic mass is 10.2. The lowest BCUT2D eigenvalue weighted by Crippen LogP contribution is -2.35. The number of primary amides is 1. The number of unbranched alkanes of at least 4 members (excludes halogenated alkanes) is 1. The van der Waals surface area contributed by atoms with Crippen LogP contribution in [0.4, 0.5) is 0 Å². The first-order valence-electron chi connectivity index (χ1n) is 7.30. The van der Waals surface area contributed by atoms with Crippen LogP contribution in [0.1, 0.15) is 31.7 Å². The minimum atomic E-state index is -0.304. The van der Waals surface area contributed by atoms with Crippen molar-refractivity contribution in [1.29, 1.82) is 5.26 Å². The molecule has 0 aromatic heterocycles.